The van der Waals surface area contributed by atoms with E-state index in [9.17, 15) is 4.79 Å². The highest BCUT2D eigenvalue weighted by Crippen LogP contribution is 2.12. The van der Waals surface area contributed by atoms with E-state index in [1.165, 1.54) is 0 Å². The van der Waals surface area contributed by atoms with Crippen molar-refractivity contribution < 1.29 is 4.79 Å². The summed E-state index contributed by atoms with van der Waals surface area (Å²) >= 11 is 0. The Balaban J connectivity index is 2.90. The summed E-state index contributed by atoms with van der Waals surface area (Å²) < 4.78 is 0. The number of anilines is 1. The topological polar surface area (TPSA) is 68.0 Å². The van der Waals surface area contributed by atoms with E-state index in [1.807, 2.05) is 6.92 Å². The van der Waals surface area contributed by atoms with Gasteiger partial charge in [-0.2, -0.15) is 0 Å². The molecule has 1 heterocycles. The van der Waals surface area contributed by atoms with E-state index in [0.29, 0.717) is 11.4 Å². The molecule has 76 valence electrons. The Labute approximate surface area is 83.5 Å². The van der Waals surface area contributed by atoms with Gasteiger partial charge < -0.3 is 11.1 Å². The van der Waals surface area contributed by atoms with Crippen LogP contribution in [-0.2, 0) is 0 Å². The van der Waals surface area contributed by atoms with Crippen LogP contribution in [-0.4, -0.2) is 16.9 Å². The highest BCUT2D eigenvalue weighted by molar-refractivity contribution is 5.97. The number of nitrogens with one attached hydrogen (secondary N) is 1. The lowest BCUT2D eigenvalue weighted by Gasteiger charge is -2.13. The van der Waals surface area contributed by atoms with Crippen LogP contribution in [0.4, 0.5) is 5.82 Å². The molecule has 1 unspecified atom stereocenters. The number of pyridine rings is 1. The molecule has 0 fully saturated rings. The first-order chi connectivity index (χ1) is 6.65. The van der Waals surface area contributed by atoms with Crippen LogP contribution >= 0.6 is 0 Å². The van der Waals surface area contributed by atoms with E-state index in [2.05, 4.69) is 17.2 Å². The molecule has 0 aliphatic heterocycles. The molecule has 0 aliphatic rings. The van der Waals surface area contributed by atoms with E-state index in [4.69, 9.17) is 5.73 Å². The van der Waals surface area contributed by atoms with Crippen molar-refractivity contribution in [2.45, 2.75) is 26.3 Å². The van der Waals surface area contributed by atoms with Gasteiger partial charge in [-0.25, -0.2) is 4.98 Å². The highest BCUT2D eigenvalue weighted by Gasteiger charge is 2.09. The minimum Gasteiger partial charge on any atom is -0.367 e. The van der Waals surface area contributed by atoms with Gasteiger partial charge in [0.15, 0.2) is 0 Å². The van der Waals surface area contributed by atoms with Gasteiger partial charge in [-0.05, 0) is 25.5 Å². The molecule has 0 saturated heterocycles. The van der Waals surface area contributed by atoms with Gasteiger partial charge in [0.05, 0.1) is 5.56 Å². The van der Waals surface area contributed by atoms with Crippen molar-refractivity contribution >= 4 is 11.7 Å². The molecule has 1 rings (SSSR count). The SMILES string of the molecule is CCC(C)Nc1ncccc1C(N)=O. The Morgan fingerprint density at radius 3 is 3.00 bits per heavy atom. The van der Waals surface area contributed by atoms with Gasteiger partial charge in [-0.15, -0.1) is 0 Å². The fourth-order valence-electron chi connectivity index (χ4n) is 1.05. The molecule has 1 aromatic heterocycles. The van der Waals surface area contributed by atoms with Crippen molar-refractivity contribution in [3.8, 4) is 0 Å². The number of amides is 1. The van der Waals surface area contributed by atoms with Gasteiger partial charge in [0.2, 0.25) is 0 Å². The molecule has 4 nitrogen and oxygen atoms in total. The summed E-state index contributed by atoms with van der Waals surface area (Å²) in [6, 6.07) is 3.64. The molecule has 0 spiro atoms. The molecule has 3 N–H and O–H groups in total. The van der Waals surface area contributed by atoms with Crippen molar-refractivity contribution in [3.63, 3.8) is 0 Å². The monoisotopic (exact) mass is 193 g/mol. The average Bonchev–Trinajstić information content (AvgIpc) is 2.18. The Morgan fingerprint density at radius 1 is 1.71 bits per heavy atom. The molecule has 0 saturated carbocycles. The number of hydrogen-bond acceptors (Lipinski definition) is 3. The lowest BCUT2D eigenvalue weighted by Crippen LogP contribution is -2.20. The molecule has 1 atom stereocenters. The van der Waals surface area contributed by atoms with E-state index in [0.717, 1.165) is 6.42 Å². The largest absolute Gasteiger partial charge is 0.367 e. The van der Waals surface area contributed by atoms with Crippen LogP contribution in [0.3, 0.4) is 0 Å². The first kappa shape index (κ1) is 10.5. The predicted molar refractivity (Wildman–Crippen MR) is 56.1 cm³/mol. The molecule has 0 aliphatic carbocycles. The van der Waals surface area contributed by atoms with Crippen LogP contribution in [0.2, 0.25) is 0 Å². The molecule has 0 radical (unpaired) electrons. The minimum atomic E-state index is -0.455. The van der Waals surface area contributed by atoms with Crippen LogP contribution in [0.25, 0.3) is 0 Å². The number of hydrogen-bond donors (Lipinski definition) is 2. The third kappa shape index (κ3) is 2.45. The Morgan fingerprint density at radius 2 is 2.43 bits per heavy atom. The first-order valence-electron chi connectivity index (χ1n) is 4.66. The lowest BCUT2D eigenvalue weighted by atomic mass is 10.2. The number of carbonyl (C=O) groups is 1. The predicted octanol–water partition coefficient (Wildman–Crippen LogP) is 1.39. The normalized spacial score (nSPS) is 12.1. The van der Waals surface area contributed by atoms with Crippen LogP contribution < -0.4 is 11.1 Å². The number of nitrogens with two attached hydrogens (primary N) is 1. The second-order valence-corrected chi connectivity index (χ2v) is 3.22. The number of primary amides is 1. The maximum absolute atomic E-state index is 11.0. The smallest absolute Gasteiger partial charge is 0.252 e. The Bertz CT molecular complexity index is 325. The second-order valence-electron chi connectivity index (χ2n) is 3.22. The van der Waals surface area contributed by atoms with Crippen molar-refractivity contribution in [2.24, 2.45) is 5.73 Å². The van der Waals surface area contributed by atoms with Gasteiger partial charge in [0, 0.05) is 12.2 Å². The Hall–Kier alpha value is -1.58. The van der Waals surface area contributed by atoms with E-state index in [1.54, 1.807) is 18.3 Å². The van der Waals surface area contributed by atoms with Crippen molar-refractivity contribution in [3.05, 3.63) is 23.9 Å². The van der Waals surface area contributed by atoms with Crippen molar-refractivity contribution in [2.75, 3.05) is 5.32 Å². The van der Waals surface area contributed by atoms with Gasteiger partial charge >= 0.3 is 0 Å². The summed E-state index contributed by atoms with van der Waals surface area (Å²) in [5.74, 6) is 0.109. The second kappa shape index (κ2) is 4.60. The van der Waals surface area contributed by atoms with E-state index < -0.39 is 5.91 Å². The molecular formula is C10H15N3O. The summed E-state index contributed by atoms with van der Waals surface area (Å²) in [6.45, 7) is 4.09. The zero-order valence-electron chi connectivity index (χ0n) is 8.45. The van der Waals surface area contributed by atoms with Gasteiger partial charge in [-0.3, -0.25) is 4.79 Å². The Kier molecular flexibility index (Phi) is 3.45. The minimum absolute atomic E-state index is 0.281. The molecular weight excluding hydrogens is 178 g/mol. The third-order valence-corrected chi connectivity index (χ3v) is 2.07. The summed E-state index contributed by atoms with van der Waals surface area (Å²) in [7, 11) is 0. The van der Waals surface area contributed by atoms with Gasteiger partial charge in [0.1, 0.15) is 5.82 Å². The standard InChI is InChI=1S/C10H15N3O/c1-3-7(2)13-10-8(9(11)14)5-4-6-12-10/h4-7H,3H2,1-2H3,(H2,11,14)(H,12,13). The van der Waals surface area contributed by atoms with E-state index >= 15 is 0 Å². The highest BCUT2D eigenvalue weighted by atomic mass is 16.1. The lowest BCUT2D eigenvalue weighted by molar-refractivity contribution is 0.100. The molecule has 0 aromatic carbocycles. The number of rotatable bonds is 4. The van der Waals surface area contributed by atoms with Crippen molar-refractivity contribution in [1.29, 1.82) is 0 Å². The van der Waals surface area contributed by atoms with Crippen LogP contribution in [0.15, 0.2) is 18.3 Å². The van der Waals surface area contributed by atoms with Gasteiger partial charge in [0.25, 0.3) is 5.91 Å². The number of nitrogens with zero attached hydrogens (tertiary/aromatic N) is 1. The third-order valence-electron chi connectivity index (χ3n) is 2.07. The van der Waals surface area contributed by atoms with Crippen LogP contribution in [0.5, 0.6) is 0 Å². The molecule has 1 aromatic rings. The van der Waals surface area contributed by atoms with E-state index in [-0.39, 0.29) is 6.04 Å². The quantitative estimate of drug-likeness (QED) is 0.759. The zero-order chi connectivity index (χ0) is 10.6. The molecule has 14 heavy (non-hydrogen) atoms. The molecule has 1 amide bonds. The molecule has 0 bridgehead atoms. The number of carbonyl (C=O) groups excluding carboxylic acids is 1. The summed E-state index contributed by atoms with van der Waals surface area (Å²) in [6.07, 6.45) is 2.60. The summed E-state index contributed by atoms with van der Waals surface area (Å²) in [5.41, 5.74) is 5.65. The van der Waals surface area contributed by atoms with Crippen LogP contribution in [0.1, 0.15) is 30.6 Å². The van der Waals surface area contributed by atoms with Crippen molar-refractivity contribution in [1.82, 2.24) is 4.98 Å². The fourth-order valence-corrected chi connectivity index (χ4v) is 1.05. The maximum Gasteiger partial charge on any atom is 0.252 e. The fraction of sp³-hybridized carbons (Fsp3) is 0.400. The maximum atomic E-state index is 11.0. The average molecular weight is 193 g/mol. The number of aromatic nitrogens is 1. The van der Waals surface area contributed by atoms with Crippen LogP contribution in [0, 0.1) is 0 Å². The first-order valence-corrected chi connectivity index (χ1v) is 4.66. The molecule has 4 heteroatoms. The zero-order valence-corrected chi connectivity index (χ0v) is 8.45. The van der Waals surface area contributed by atoms with Gasteiger partial charge in [-0.1, -0.05) is 6.92 Å². The summed E-state index contributed by atoms with van der Waals surface area (Å²) in [5, 5.41) is 3.13. The summed E-state index contributed by atoms with van der Waals surface area (Å²) in [4.78, 5) is 15.1.